The lowest BCUT2D eigenvalue weighted by atomic mass is 9.92. The van der Waals surface area contributed by atoms with Crippen LogP contribution in [0.3, 0.4) is 0 Å². The van der Waals surface area contributed by atoms with Crippen molar-refractivity contribution in [3.05, 3.63) is 75.7 Å². The van der Waals surface area contributed by atoms with Gasteiger partial charge in [0.2, 0.25) is 0 Å². The smallest absolute Gasteiger partial charge is 0.262 e. The van der Waals surface area contributed by atoms with Gasteiger partial charge in [-0.05, 0) is 49.4 Å². The van der Waals surface area contributed by atoms with Gasteiger partial charge < -0.3 is 20.5 Å². The highest BCUT2D eigenvalue weighted by atomic mass is 32.1. The number of anilines is 1. The van der Waals surface area contributed by atoms with Crippen molar-refractivity contribution in [2.75, 3.05) is 19.0 Å². The van der Waals surface area contributed by atoms with Gasteiger partial charge in [-0.3, -0.25) is 14.4 Å². The lowest BCUT2D eigenvalue weighted by Gasteiger charge is -2.13. The molecule has 1 aliphatic carbocycles. The fourth-order valence-corrected chi connectivity index (χ4v) is 5.19. The Morgan fingerprint density at radius 2 is 1.82 bits per heavy atom. The van der Waals surface area contributed by atoms with Crippen molar-refractivity contribution in [2.24, 2.45) is 5.73 Å². The van der Waals surface area contributed by atoms with Crippen LogP contribution in [0, 0.1) is 0 Å². The molecule has 0 aliphatic heterocycles. The van der Waals surface area contributed by atoms with Gasteiger partial charge in [0.05, 0.1) is 18.2 Å². The van der Waals surface area contributed by atoms with Gasteiger partial charge in [-0.2, -0.15) is 0 Å². The fourth-order valence-electron chi connectivity index (χ4n) is 3.89. The molecule has 0 saturated heterocycles. The van der Waals surface area contributed by atoms with E-state index in [-0.39, 0.29) is 23.7 Å². The van der Waals surface area contributed by atoms with E-state index in [4.69, 9.17) is 15.2 Å². The molecule has 0 saturated carbocycles. The van der Waals surface area contributed by atoms with E-state index in [1.165, 1.54) is 30.6 Å². The number of benzene rings is 2. The number of thiophene rings is 1. The third-order valence-electron chi connectivity index (χ3n) is 5.50. The second kappa shape index (κ2) is 9.87. The molecule has 0 radical (unpaired) electrons. The van der Waals surface area contributed by atoms with Gasteiger partial charge in [-0.1, -0.05) is 30.3 Å². The maximum Gasteiger partial charge on any atom is 0.262 e. The van der Waals surface area contributed by atoms with Gasteiger partial charge in [0.1, 0.15) is 16.5 Å². The predicted molar refractivity (Wildman–Crippen MR) is 126 cm³/mol. The molecule has 0 bridgehead atoms. The van der Waals surface area contributed by atoms with E-state index in [0.29, 0.717) is 21.9 Å². The van der Waals surface area contributed by atoms with E-state index < -0.39 is 11.8 Å². The molecule has 1 heterocycles. The minimum absolute atomic E-state index is 0.0996. The first-order valence-corrected chi connectivity index (χ1v) is 11.4. The largest absolute Gasteiger partial charge is 0.497 e. The van der Waals surface area contributed by atoms with Crippen molar-refractivity contribution in [3.8, 4) is 11.5 Å². The summed E-state index contributed by atoms with van der Waals surface area (Å²) in [6, 6.07) is 13.7. The van der Waals surface area contributed by atoms with Crippen LogP contribution < -0.4 is 20.5 Å². The van der Waals surface area contributed by atoms with Crippen LogP contribution in [0.4, 0.5) is 5.00 Å². The highest BCUT2D eigenvalue weighted by Crippen LogP contribution is 2.39. The maximum absolute atomic E-state index is 13.3. The van der Waals surface area contributed by atoms with E-state index in [1.807, 2.05) is 18.2 Å². The fraction of sp³-hybridized carbons (Fsp3) is 0.240. The summed E-state index contributed by atoms with van der Waals surface area (Å²) in [5, 5.41) is 3.39. The molecule has 0 fully saturated rings. The Balaban J connectivity index is 1.55. The second-order valence-electron chi connectivity index (χ2n) is 7.67. The summed E-state index contributed by atoms with van der Waals surface area (Å²) < 4.78 is 10.7. The summed E-state index contributed by atoms with van der Waals surface area (Å²) in [4.78, 5) is 38.9. The Hall–Kier alpha value is -3.65. The van der Waals surface area contributed by atoms with E-state index in [0.717, 1.165) is 36.1 Å². The first kappa shape index (κ1) is 22.5. The number of primary amides is 1. The summed E-state index contributed by atoms with van der Waals surface area (Å²) in [5.41, 5.74) is 7.72. The maximum atomic E-state index is 13.3. The van der Waals surface area contributed by atoms with Crippen molar-refractivity contribution in [3.63, 3.8) is 0 Å². The Morgan fingerprint density at radius 3 is 2.55 bits per heavy atom. The second-order valence-corrected chi connectivity index (χ2v) is 8.78. The monoisotopic (exact) mass is 464 g/mol. The van der Waals surface area contributed by atoms with Crippen molar-refractivity contribution < 1.29 is 23.9 Å². The highest BCUT2D eigenvalue weighted by Gasteiger charge is 2.27. The molecule has 0 unspecified atom stereocenters. The number of aryl methyl sites for hydroxylation is 1. The third-order valence-corrected chi connectivity index (χ3v) is 6.71. The van der Waals surface area contributed by atoms with Crippen molar-refractivity contribution >= 4 is 33.9 Å². The molecular weight excluding hydrogens is 440 g/mol. The first-order chi connectivity index (χ1) is 16.0. The predicted octanol–water partition coefficient (Wildman–Crippen LogP) is 3.98. The van der Waals surface area contributed by atoms with Crippen molar-refractivity contribution in [2.45, 2.75) is 25.7 Å². The van der Waals surface area contributed by atoms with E-state index in [1.54, 1.807) is 18.2 Å². The summed E-state index contributed by atoms with van der Waals surface area (Å²) >= 11 is 1.45. The normalized spacial score (nSPS) is 12.5. The number of ketones is 1. The number of fused-ring (bicyclic) bond motifs is 1. The quantitative estimate of drug-likeness (QED) is 0.490. The molecule has 3 N–H and O–H groups in total. The number of nitrogens with one attached hydrogen (secondary N) is 1. The number of carbonyl (C=O) groups excluding carboxylic acids is 3. The number of rotatable bonds is 8. The third kappa shape index (κ3) is 4.90. The van der Waals surface area contributed by atoms with E-state index >= 15 is 0 Å². The van der Waals surface area contributed by atoms with Crippen LogP contribution in [-0.4, -0.2) is 31.3 Å². The topological polar surface area (TPSA) is 108 Å². The van der Waals surface area contributed by atoms with Crippen LogP contribution in [0.5, 0.6) is 11.5 Å². The Morgan fingerprint density at radius 1 is 1.06 bits per heavy atom. The zero-order valence-electron chi connectivity index (χ0n) is 18.2. The molecule has 3 aromatic rings. The molecule has 2 amide bonds. The summed E-state index contributed by atoms with van der Waals surface area (Å²) in [5.74, 6) is -0.580. The number of hydrogen-bond acceptors (Lipinski definition) is 6. The van der Waals surface area contributed by atoms with Gasteiger partial charge in [-0.25, -0.2) is 0 Å². The molecule has 2 aromatic carbocycles. The van der Waals surface area contributed by atoms with Crippen LogP contribution in [0.15, 0.2) is 48.5 Å². The number of methoxy groups -OCH3 is 1. The van der Waals surface area contributed by atoms with Crippen LogP contribution in [0.1, 0.15) is 49.6 Å². The van der Waals surface area contributed by atoms with Crippen molar-refractivity contribution in [1.82, 2.24) is 0 Å². The molecule has 4 rings (SSSR count). The minimum Gasteiger partial charge on any atom is -0.497 e. The van der Waals surface area contributed by atoms with Gasteiger partial charge >= 0.3 is 0 Å². The van der Waals surface area contributed by atoms with Crippen molar-refractivity contribution in [1.29, 1.82) is 0 Å². The molecule has 0 spiro atoms. The number of nitrogens with two attached hydrogens (primary N) is 1. The summed E-state index contributed by atoms with van der Waals surface area (Å²) in [6.45, 7) is -0.339. The van der Waals surface area contributed by atoms with Crippen LogP contribution in [0.2, 0.25) is 0 Å². The number of carbonyl (C=O) groups is 3. The summed E-state index contributed by atoms with van der Waals surface area (Å²) in [7, 11) is 1.48. The van der Waals surface area contributed by atoms with Crippen LogP contribution in [-0.2, 0) is 17.6 Å². The lowest BCUT2D eigenvalue weighted by molar-refractivity contribution is -0.118. The zero-order valence-corrected chi connectivity index (χ0v) is 19.0. The Kier molecular flexibility index (Phi) is 6.74. The number of amides is 2. The summed E-state index contributed by atoms with van der Waals surface area (Å²) in [6.07, 6.45) is 3.80. The Bertz CT molecular complexity index is 1200. The average Bonchev–Trinajstić information content (AvgIpc) is 3.20. The zero-order chi connectivity index (χ0) is 23.4. The molecule has 8 heteroatoms. The average molecular weight is 465 g/mol. The Labute approximate surface area is 195 Å². The van der Waals surface area contributed by atoms with Gasteiger partial charge in [0, 0.05) is 10.4 Å². The molecule has 33 heavy (non-hydrogen) atoms. The molecule has 1 aliphatic rings. The van der Waals surface area contributed by atoms with Crippen LogP contribution >= 0.6 is 11.3 Å². The van der Waals surface area contributed by atoms with Gasteiger partial charge in [0.15, 0.2) is 12.4 Å². The number of ether oxygens (including phenoxy) is 2. The van der Waals surface area contributed by atoms with E-state index in [2.05, 4.69) is 5.32 Å². The molecule has 1 aromatic heterocycles. The minimum atomic E-state index is -0.689. The van der Waals surface area contributed by atoms with E-state index in [9.17, 15) is 14.4 Å². The van der Waals surface area contributed by atoms with Crippen LogP contribution in [0.25, 0.3) is 0 Å². The number of hydrogen-bond donors (Lipinski definition) is 2. The standard InChI is InChI=1S/C25H24N2O5S/c1-31-16-11-12-19(18(13-16)24(26)30)32-14-21(28)27-25-22(17-9-5-6-10-20(17)33-25)23(29)15-7-3-2-4-8-15/h2-4,7-8,11-13H,5-6,9-10,14H2,1H3,(H2,26,30)(H,27,28). The van der Waals surface area contributed by atoms with Gasteiger partial charge in [0.25, 0.3) is 11.8 Å². The molecule has 0 atom stereocenters. The highest BCUT2D eigenvalue weighted by molar-refractivity contribution is 7.17. The molecule has 170 valence electrons. The molecular formula is C25H24N2O5S. The first-order valence-electron chi connectivity index (χ1n) is 10.6. The lowest BCUT2D eigenvalue weighted by Crippen LogP contribution is -2.22. The van der Waals surface area contributed by atoms with Gasteiger partial charge in [-0.15, -0.1) is 11.3 Å². The SMILES string of the molecule is COc1ccc(OCC(=O)Nc2sc3c(c2C(=O)c2ccccc2)CCCC3)c(C(N)=O)c1. The molecule has 7 nitrogen and oxygen atoms in total.